The van der Waals surface area contributed by atoms with Crippen LogP contribution in [0.3, 0.4) is 0 Å². The summed E-state index contributed by atoms with van der Waals surface area (Å²) in [6, 6.07) is 19.5. The molecule has 36 heavy (non-hydrogen) atoms. The monoisotopic (exact) mass is 487 g/mol. The van der Waals surface area contributed by atoms with Gasteiger partial charge in [-0.2, -0.15) is 0 Å². The number of urea groups is 1. The van der Waals surface area contributed by atoms with Crippen molar-refractivity contribution in [2.75, 3.05) is 17.7 Å². The third kappa shape index (κ3) is 4.62. The number of carboxylic acids is 1. The van der Waals surface area contributed by atoms with E-state index < -0.39 is 11.5 Å². The summed E-state index contributed by atoms with van der Waals surface area (Å²) in [6.45, 7) is 5.48. The average molecular weight is 488 g/mol. The van der Waals surface area contributed by atoms with Crippen molar-refractivity contribution in [3.05, 3.63) is 77.9 Å². The summed E-state index contributed by atoms with van der Waals surface area (Å²) in [7, 11) is 1.58. The minimum Gasteiger partial charge on any atom is -0.497 e. The number of carboxylic acid groups (broad SMARTS) is 1. The molecule has 186 valence electrons. The second kappa shape index (κ2) is 9.73. The number of rotatable bonds is 7. The number of hydrogen-bond donors (Lipinski definition) is 3. The van der Waals surface area contributed by atoms with Crippen LogP contribution in [0.15, 0.2) is 66.7 Å². The molecule has 0 unspecified atom stereocenters. The lowest BCUT2D eigenvalue weighted by atomic mass is 9.86. The van der Waals surface area contributed by atoms with Gasteiger partial charge < -0.3 is 25.4 Å². The molecule has 0 spiro atoms. The summed E-state index contributed by atoms with van der Waals surface area (Å²) >= 11 is 0. The summed E-state index contributed by atoms with van der Waals surface area (Å²) in [5.41, 5.74) is 2.98. The predicted octanol–water partition coefficient (Wildman–Crippen LogP) is 5.46. The highest BCUT2D eigenvalue weighted by Gasteiger charge is 2.48. The van der Waals surface area contributed by atoms with E-state index in [9.17, 15) is 19.5 Å². The molecule has 3 N–H and O–H groups in total. The molecule has 8 heteroatoms. The topological polar surface area (TPSA) is 108 Å². The van der Waals surface area contributed by atoms with Gasteiger partial charge in [0.1, 0.15) is 11.3 Å². The lowest BCUT2D eigenvalue weighted by Gasteiger charge is -2.38. The highest BCUT2D eigenvalue weighted by molar-refractivity contribution is 6.02. The fourth-order valence-corrected chi connectivity index (χ4v) is 4.24. The van der Waals surface area contributed by atoms with Crippen molar-refractivity contribution in [1.82, 2.24) is 4.90 Å². The molecule has 1 heterocycles. The maximum atomic E-state index is 13.2. The fourth-order valence-electron chi connectivity index (χ4n) is 4.24. The molecule has 3 aromatic rings. The van der Waals surface area contributed by atoms with Crippen LogP contribution >= 0.6 is 0 Å². The van der Waals surface area contributed by atoms with Crippen LogP contribution in [0.2, 0.25) is 0 Å². The van der Waals surface area contributed by atoms with Gasteiger partial charge in [0, 0.05) is 23.5 Å². The standard InChI is InChI=1S/C28H29N3O5/c1-17(2)28(3,26(33)34)31-16-20-6-5-19(15-24(20)25(31)32)18-7-9-21(10-8-18)29-27(35)30-22-11-13-23(36-4)14-12-22/h5-15,17H,16H2,1-4H3,(H,33,34)(H2,29,30,35)/t28-/m0/s1. The number of hydrogen-bond acceptors (Lipinski definition) is 4. The summed E-state index contributed by atoms with van der Waals surface area (Å²) < 4.78 is 5.11. The number of nitrogens with zero attached hydrogens (tertiary/aromatic N) is 1. The number of ether oxygens (including phenoxy) is 1. The Morgan fingerprint density at radius 1 is 0.944 bits per heavy atom. The van der Waals surface area contributed by atoms with E-state index in [1.165, 1.54) is 4.90 Å². The number of fused-ring (bicyclic) bond motifs is 1. The van der Waals surface area contributed by atoms with Crippen molar-refractivity contribution < 1.29 is 24.2 Å². The number of anilines is 2. The largest absolute Gasteiger partial charge is 0.497 e. The van der Waals surface area contributed by atoms with Gasteiger partial charge in [0.05, 0.1) is 7.11 Å². The lowest BCUT2D eigenvalue weighted by molar-refractivity contribution is -0.151. The Labute approximate surface area is 209 Å². The number of carbonyl (C=O) groups is 3. The van der Waals surface area contributed by atoms with Gasteiger partial charge in [0.15, 0.2) is 0 Å². The molecule has 1 aliphatic heterocycles. The molecule has 0 radical (unpaired) electrons. The number of methoxy groups -OCH3 is 1. The molecule has 0 bridgehead atoms. The predicted molar refractivity (Wildman–Crippen MR) is 138 cm³/mol. The number of carbonyl (C=O) groups excluding carboxylic acids is 2. The quantitative estimate of drug-likeness (QED) is 0.410. The number of aliphatic carboxylic acids is 1. The van der Waals surface area contributed by atoms with E-state index in [-0.39, 0.29) is 24.4 Å². The minimum atomic E-state index is -1.30. The van der Waals surface area contributed by atoms with Crippen molar-refractivity contribution in [3.8, 4) is 16.9 Å². The van der Waals surface area contributed by atoms with Crippen molar-refractivity contribution in [3.63, 3.8) is 0 Å². The van der Waals surface area contributed by atoms with E-state index >= 15 is 0 Å². The molecule has 1 atom stereocenters. The van der Waals surface area contributed by atoms with E-state index in [2.05, 4.69) is 10.6 Å². The maximum Gasteiger partial charge on any atom is 0.329 e. The van der Waals surface area contributed by atoms with E-state index in [0.29, 0.717) is 22.7 Å². The third-order valence-electron chi connectivity index (χ3n) is 6.86. The Morgan fingerprint density at radius 3 is 2.03 bits per heavy atom. The Morgan fingerprint density at radius 2 is 1.50 bits per heavy atom. The first kappa shape index (κ1) is 24.8. The normalized spacial score (nSPS) is 14.2. The van der Waals surface area contributed by atoms with Gasteiger partial charge in [-0.05, 0) is 72.0 Å². The smallest absolute Gasteiger partial charge is 0.329 e. The molecule has 4 rings (SSSR count). The first-order valence-electron chi connectivity index (χ1n) is 11.6. The Bertz CT molecular complexity index is 1300. The molecule has 0 fully saturated rings. The van der Waals surface area contributed by atoms with Gasteiger partial charge in [0.25, 0.3) is 5.91 Å². The summed E-state index contributed by atoms with van der Waals surface area (Å²) in [5.74, 6) is -0.847. The van der Waals surface area contributed by atoms with E-state index in [0.717, 1.165) is 16.7 Å². The van der Waals surface area contributed by atoms with Gasteiger partial charge in [-0.25, -0.2) is 9.59 Å². The molecule has 0 aliphatic carbocycles. The summed E-state index contributed by atoms with van der Waals surface area (Å²) in [6.07, 6.45) is 0. The highest BCUT2D eigenvalue weighted by atomic mass is 16.5. The van der Waals surface area contributed by atoms with Crippen LogP contribution in [0.5, 0.6) is 5.75 Å². The summed E-state index contributed by atoms with van der Waals surface area (Å²) in [4.78, 5) is 39.0. The zero-order chi connectivity index (χ0) is 26.0. The van der Waals surface area contributed by atoms with Crippen LogP contribution in [-0.4, -0.2) is 40.6 Å². The van der Waals surface area contributed by atoms with Crippen LogP contribution in [0, 0.1) is 5.92 Å². The molecule has 3 amide bonds. The van der Waals surface area contributed by atoms with Crippen molar-refractivity contribution in [1.29, 1.82) is 0 Å². The zero-order valence-corrected chi connectivity index (χ0v) is 20.7. The number of amides is 3. The zero-order valence-electron chi connectivity index (χ0n) is 20.7. The molecule has 0 aromatic heterocycles. The van der Waals surface area contributed by atoms with Gasteiger partial charge in [-0.15, -0.1) is 0 Å². The van der Waals surface area contributed by atoms with Crippen LogP contribution in [0.1, 0.15) is 36.7 Å². The van der Waals surface area contributed by atoms with Crippen LogP contribution in [-0.2, 0) is 11.3 Å². The fraction of sp³-hybridized carbons (Fsp3) is 0.250. The maximum absolute atomic E-state index is 13.2. The first-order valence-corrected chi connectivity index (χ1v) is 11.6. The third-order valence-corrected chi connectivity index (χ3v) is 6.86. The molecular weight excluding hydrogens is 458 g/mol. The van der Waals surface area contributed by atoms with Crippen molar-refractivity contribution in [2.45, 2.75) is 32.9 Å². The SMILES string of the molecule is COc1ccc(NC(=O)Nc2ccc(-c3ccc4c(c3)C(=O)N([C@](C)(C(=O)O)C(C)C)C4)cc2)cc1. The van der Waals surface area contributed by atoms with Crippen molar-refractivity contribution >= 4 is 29.3 Å². The second-order valence-electron chi connectivity index (χ2n) is 9.26. The van der Waals surface area contributed by atoms with E-state index in [1.54, 1.807) is 56.5 Å². The highest BCUT2D eigenvalue weighted by Crippen LogP contribution is 2.36. The minimum absolute atomic E-state index is 0.255. The lowest BCUT2D eigenvalue weighted by Crippen LogP contribution is -2.56. The van der Waals surface area contributed by atoms with Gasteiger partial charge in [-0.1, -0.05) is 38.1 Å². The molecule has 3 aromatic carbocycles. The number of nitrogens with one attached hydrogen (secondary N) is 2. The van der Waals surface area contributed by atoms with E-state index in [4.69, 9.17) is 4.74 Å². The Kier molecular flexibility index (Phi) is 6.70. The molecule has 1 aliphatic rings. The van der Waals surface area contributed by atoms with Crippen LogP contribution in [0.25, 0.3) is 11.1 Å². The number of benzene rings is 3. The molecule has 0 saturated carbocycles. The van der Waals surface area contributed by atoms with Gasteiger partial charge >= 0.3 is 12.0 Å². The van der Waals surface area contributed by atoms with Gasteiger partial charge in [0.2, 0.25) is 0 Å². The Hall–Kier alpha value is -4.33. The second-order valence-corrected chi connectivity index (χ2v) is 9.26. The van der Waals surface area contributed by atoms with Crippen LogP contribution in [0.4, 0.5) is 16.2 Å². The summed E-state index contributed by atoms with van der Waals surface area (Å²) in [5, 5.41) is 15.4. The first-order chi connectivity index (χ1) is 17.1. The van der Waals surface area contributed by atoms with Crippen molar-refractivity contribution in [2.24, 2.45) is 5.92 Å². The molecule has 8 nitrogen and oxygen atoms in total. The molecule has 0 saturated heterocycles. The van der Waals surface area contributed by atoms with Crippen LogP contribution < -0.4 is 15.4 Å². The van der Waals surface area contributed by atoms with Gasteiger partial charge in [-0.3, -0.25) is 4.79 Å². The molecular formula is C28H29N3O5. The van der Waals surface area contributed by atoms with E-state index in [1.807, 2.05) is 38.1 Å². The average Bonchev–Trinajstić information content (AvgIpc) is 3.20. The Balaban J connectivity index is 1.47.